The molecular formula is C17H16BrN. The number of nitrogens with one attached hydrogen (secondary N) is 1. The maximum Gasteiger partial charge on any atom is 0.0584 e. The molecule has 2 aromatic carbocycles. The zero-order valence-electron chi connectivity index (χ0n) is 10.9. The van der Waals surface area contributed by atoms with Crippen LogP contribution in [0, 0.1) is 11.8 Å². The van der Waals surface area contributed by atoms with Crippen molar-refractivity contribution in [3.05, 3.63) is 70.2 Å². The third-order valence-corrected chi connectivity index (χ3v) is 3.35. The summed E-state index contributed by atoms with van der Waals surface area (Å²) in [4.78, 5) is 0. The lowest BCUT2D eigenvalue weighted by atomic mass is 10.1. The van der Waals surface area contributed by atoms with Gasteiger partial charge < -0.3 is 0 Å². The van der Waals surface area contributed by atoms with Gasteiger partial charge in [-0.25, -0.2) is 0 Å². The number of rotatable bonds is 3. The minimum absolute atomic E-state index is 0.294. The van der Waals surface area contributed by atoms with E-state index in [0.29, 0.717) is 12.6 Å². The van der Waals surface area contributed by atoms with Gasteiger partial charge in [0, 0.05) is 16.1 Å². The fourth-order valence-electron chi connectivity index (χ4n) is 1.77. The second-order valence-corrected chi connectivity index (χ2v) is 5.24. The molecule has 96 valence electrons. The molecule has 0 amide bonds. The van der Waals surface area contributed by atoms with Gasteiger partial charge in [-0.15, -0.1) is 0 Å². The quantitative estimate of drug-likeness (QED) is 0.839. The van der Waals surface area contributed by atoms with Gasteiger partial charge >= 0.3 is 0 Å². The second kappa shape index (κ2) is 7.13. The zero-order chi connectivity index (χ0) is 13.5. The highest BCUT2D eigenvalue weighted by atomic mass is 79.9. The topological polar surface area (TPSA) is 12.0 Å². The van der Waals surface area contributed by atoms with E-state index in [9.17, 15) is 0 Å². The molecule has 0 aliphatic rings. The molecule has 0 aliphatic carbocycles. The van der Waals surface area contributed by atoms with Crippen molar-refractivity contribution in [1.29, 1.82) is 0 Å². The minimum Gasteiger partial charge on any atom is -0.300 e. The minimum atomic E-state index is 0.294. The van der Waals surface area contributed by atoms with Crippen molar-refractivity contribution >= 4 is 15.9 Å². The van der Waals surface area contributed by atoms with Crippen LogP contribution in [0.15, 0.2) is 59.1 Å². The Kier molecular flexibility index (Phi) is 5.20. The van der Waals surface area contributed by atoms with E-state index >= 15 is 0 Å². The lowest BCUT2D eigenvalue weighted by Gasteiger charge is -2.12. The van der Waals surface area contributed by atoms with Crippen LogP contribution in [-0.4, -0.2) is 6.54 Å². The van der Waals surface area contributed by atoms with Crippen LogP contribution < -0.4 is 5.32 Å². The van der Waals surface area contributed by atoms with Crippen LogP contribution in [0.25, 0.3) is 0 Å². The first kappa shape index (κ1) is 13.9. The van der Waals surface area contributed by atoms with E-state index in [-0.39, 0.29) is 0 Å². The molecule has 0 saturated carbocycles. The maximum atomic E-state index is 3.49. The van der Waals surface area contributed by atoms with Crippen molar-refractivity contribution in [3.63, 3.8) is 0 Å². The first-order valence-corrected chi connectivity index (χ1v) is 7.08. The molecule has 1 atom stereocenters. The van der Waals surface area contributed by atoms with E-state index in [1.165, 1.54) is 5.56 Å². The van der Waals surface area contributed by atoms with Gasteiger partial charge in [-0.1, -0.05) is 58.1 Å². The summed E-state index contributed by atoms with van der Waals surface area (Å²) in [6.07, 6.45) is 0. The highest BCUT2D eigenvalue weighted by Crippen LogP contribution is 2.17. The molecule has 2 rings (SSSR count). The van der Waals surface area contributed by atoms with E-state index in [0.717, 1.165) is 10.0 Å². The Balaban J connectivity index is 1.88. The van der Waals surface area contributed by atoms with Gasteiger partial charge in [0.2, 0.25) is 0 Å². The Hall–Kier alpha value is -1.56. The average molecular weight is 314 g/mol. The van der Waals surface area contributed by atoms with E-state index < -0.39 is 0 Å². The van der Waals surface area contributed by atoms with Crippen molar-refractivity contribution in [2.45, 2.75) is 13.0 Å². The lowest BCUT2D eigenvalue weighted by Crippen LogP contribution is -2.18. The molecule has 1 nitrogen and oxygen atoms in total. The van der Waals surface area contributed by atoms with E-state index in [1.54, 1.807) is 0 Å². The van der Waals surface area contributed by atoms with Crippen LogP contribution in [-0.2, 0) is 0 Å². The average Bonchev–Trinajstić information content (AvgIpc) is 2.44. The predicted octanol–water partition coefficient (Wildman–Crippen LogP) is 4.15. The summed E-state index contributed by atoms with van der Waals surface area (Å²) in [5.74, 6) is 6.29. The predicted molar refractivity (Wildman–Crippen MR) is 83.9 cm³/mol. The van der Waals surface area contributed by atoms with Gasteiger partial charge in [0.25, 0.3) is 0 Å². The van der Waals surface area contributed by atoms with Crippen LogP contribution in [0.2, 0.25) is 0 Å². The Morgan fingerprint density at radius 3 is 2.63 bits per heavy atom. The standard InChI is InChI=1S/C17H16BrN/c1-14(16-10-5-11-17(18)13-16)19-12-6-9-15-7-3-2-4-8-15/h2-5,7-8,10-11,13-14,19H,12H2,1H3/t14-/m1/s1. The van der Waals surface area contributed by atoms with Crippen molar-refractivity contribution in [1.82, 2.24) is 5.32 Å². The Labute approximate surface area is 123 Å². The van der Waals surface area contributed by atoms with E-state index in [1.807, 2.05) is 42.5 Å². The van der Waals surface area contributed by atoms with Gasteiger partial charge in [0.1, 0.15) is 0 Å². The smallest absolute Gasteiger partial charge is 0.0584 e. The van der Waals surface area contributed by atoms with Gasteiger partial charge in [-0.2, -0.15) is 0 Å². The van der Waals surface area contributed by atoms with Gasteiger partial charge in [-0.3, -0.25) is 5.32 Å². The van der Waals surface area contributed by atoms with Crippen molar-refractivity contribution < 1.29 is 0 Å². The molecule has 0 fully saturated rings. The molecular weight excluding hydrogens is 298 g/mol. The molecule has 2 heteroatoms. The van der Waals surface area contributed by atoms with Crippen molar-refractivity contribution in [2.24, 2.45) is 0 Å². The molecule has 0 radical (unpaired) electrons. The summed E-state index contributed by atoms with van der Waals surface area (Å²) >= 11 is 3.49. The summed E-state index contributed by atoms with van der Waals surface area (Å²) in [7, 11) is 0. The van der Waals surface area contributed by atoms with Crippen LogP contribution in [0.3, 0.4) is 0 Å². The molecule has 19 heavy (non-hydrogen) atoms. The summed E-state index contributed by atoms with van der Waals surface area (Å²) in [5.41, 5.74) is 2.32. The number of halogens is 1. The second-order valence-electron chi connectivity index (χ2n) is 4.33. The van der Waals surface area contributed by atoms with E-state index in [2.05, 4.69) is 52.1 Å². The third kappa shape index (κ3) is 4.55. The summed E-state index contributed by atoms with van der Waals surface area (Å²) in [5, 5.41) is 3.40. The number of hydrogen-bond acceptors (Lipinski definition) is 1. The van der Waals surface area contributed by atoms with Crippen LogP contribution in [0.4, 0.5) is 0 Å². The zero-order valence-corrected chi connectivity index (χ0v) is 12.4. The van der Waals surface area contributed by atoms with Gasteiger partial charge in [0.05, 0.1) is 6.54 Å². The summed E-state index contributed by atoms with van der Waals surface area (Å²) < 4.78 is 1.11. The van der Waals surface area contributed by atoms with E-state index in [4.69, 9.17) is 0 Å². The highest BCUT2D eigenvalue weighted by molar-refractivity contribution is 9.10. The normalized spacial score (nSPS) is 11.5. The molecule has 0 heterocycles. The highest BCUT2D eigenvalue weighted by Gasteiger charge is 2.03. The SMILES string of the molecule is C[C@@H](NCC#Cc1ccccc1)c1cccc(Br)c1. The first-order chi connectivity index (χ1) is 9.25. The van der Waals surface area contributed by atoms with Gasteiger partial charge in [0.15, 0.2) is 0 Å². The van der Waals surface area contributed by atoms with Crippen molar-refractivity contribution in [3.8, 4) is 11.8 Å². The molecule has 0 bridgehead atoms. The number of hydrogen-bond donors (Lipinski definition) is 1. The fourth-order valence-corrected chi connectivity index (χ4v) is 2.18. The van der Waals surface area contributed by atoms with Crippen LogP contribution in [0.1, 0.15) is 24.1 Å². The number of benzene rings is 2. The molecule has 2 aromatic rings. The lowest BCUT2D eigenvalue weighted by molar-refractivity contribution is 0.623. The maximum absolute atomic E-state index is 3.49. The third-order valence-electron chi connectivity index (χ3n) is 2.85. The largest absolute Gasteiger partial charge is 0.300 e. The summed E-state index contributed by atoms with van der Waals surface area (Å²) in [6, 6.07) is 18.7. The first-order valence-electron chi connectivity index (χ1n) is 6.28. The molecule has 0 unspecified atom stereocenters. The van der Waals surface area contributed by atoms with Crippen molar-refractivity contribution in [2.75, 3.05) is 6.54 Å². The Bertz CT molecular complexity index is 581. The molecule has 0 aliphatic heterocycles. The molecule has 0 aromatic heterocycles. The molecule has 0 saturated heterocycles. The van der Waals surface area contributed by atoms with Crippen LogP contribution in [0.5, 0.6) is 0 Å². The fraction of sp³-hybridized carbons (Fsp3) is 0.176. The summed E-state index contributed by atoms with van der Waals surface area (Å²) in [6.45, 7) is 2.83. The Morgan fingerprint density at radius 1 is 1.11 bits per heavy atom. The monoisotopic (exact) mass is 313 g/mol. The molecule has 0 spiro atoms. The van der Waals surface area contributed by atoms with Gasteiger partial charge in [-0.05, 0) is 36.8 Å². The van der Waals surface area contributed by atoms with Crippen LogP contribution >= 0.6 is 15.9 Å². The molecule has 1 N–H and O–H groups in total. The Morgan fingerprint density at radius 2 is 1.89 bits per heavy atom.